The van der Waals surface area contributed by atoms with Crippen molar-refractivity contribution in [2.75, 3.05) is 18.9 Å². The van der Waals surface area contributed by atoms with Crippen LogP contribution in [0.15, 0.2) is 41.0 Å². The zero-order chi connectivity index (χ0) is 16.4. The number of fused-ring (bicyclic) bond motifs is 1. The van der Waals surface area contributed by atoms with Crippen LogP contribution in [-0.2, 0) is 11.3 Å². The minimum Gasteiger partial charge on any atom is -0.468 e. The molecular formula is C15H14F2N2O4. The molecule has 1 aliphatic rings. The molecule has 0 unspecified atom stereocenters. The first-order valence-electron chi connectivity index (χ1n) is 6.82. The summed E-state index contributed by atoms with van der Waals surface area (Å²) < 4.78 is 39.7. The molecule has 0 saturated heterocycles. The van der Waals surface area contributed by atoms with E-state index in [-0.39, 0.29) is 24.0 Å². The zero-order valence-corrected chi connectivity index (χ0v) is 12.2. The Morgan fingerprint density at radius 3 is 2.78 bits per heavy atom. The number of nitrogens with zero attached hydrogens (tertiary/aromatic N) is 1. The smallest absolute Gasteiger partial charge is 0.468 e. The molecule has 1 amide bonds. The molecule has 122 valence electrons. The summed E-state index contributed by atoms with van der Waals surface area (Å²) in [5.74, 6) is 0.273. The van der Waals surface area contributed by atoms with Crippen LogP contribution in [-0.4, -0.2) is 30.7 Å². The van der Waals surface area contributed by atoms with Crippen LogP contribution in [0.2, 0.25) is 0 Å². The fraction of sp³-hybridized carbons (Fsp3) is 0.267. The highest BCUT2D eigenvalue weighted by atomic mass is 19.3. The number of anilines is 1. The Hall–Kier alpha value is -2.61. The number of amides is 1. The van der Waals surface area contributed by atoms with E-state index in [1.54, 1.807) is 24.3 Å². The molecule has 1 aromatic carbocycles. The van der Waals surface area contributed by atoms with E-state index in [2.05, 4.69) is 14.8 Å². The van der Waals surface area contributed by atoms with E-state index in [0.717, 1.165) is 5.76 Å². The van der Waals surface area contributed by atoms with Crippen molar-refractivity contribution < 1.29 is 27.5 Å². The highest BCUT2D eigenvalue weighted by Gasteiger charge is 2.43. The molecule has 0 spiro atoms. The summed E-state index contributed by atoms with van der Waals surface area (Å²) in [6, 6.07) is 7.66. The van der Waals surface area contributed by atoms with Crippen molar-refractivity contribution in [1.29, 1.82) is 0 Å². The molecule has 0 aliphatic carbocycles. The summed E-state index contributed by atoms with van der Waals surface area (Å²) in [7, 11) is 1.77. The Bertz CT molecular complexity index is 704. The van der Waals surface area contributed by atoms with Gasteiger partial charge in [0.25, 0.3) is 0 Å². The second-order valence-electron chi connectivity index (χ2n) is 5.13. The zero-order valence-electron chi connectivity index (χ0n) is 12.2. The Morgan fingerprint density at radius 1 is 1.26 bits per heavy atom. The minimum atomic E-state index is -3.67. The van der Waals surface area contributed by atoms with E-state index in [0.29, 0.717) is 12.2 Å². The molecule has 1 aliphatic heterocycles. The van der Waals surface area contributed by atoms with Gasteiger partial charge in [-0.2, -0.15) is 0 Å². The van der Waals surface area contributed by atoms with Crippen molar-refractivity contribution in [3.05, 3.63) is 42.4 Å². The Morgan fingerprint density at radius 2 is 2.04 bits per heavy atom. The normalized spacial score (nSPS) is 15.0. The average Bonchev–Trinajstić information content (AvgIpc) is 3.03. The topological polar surface area (TPSA) is 63.9 Å². The first-order chi connectivity index (χ1) is 10.9. The molecule has 3 rings (SSSR count). The van der Waals surface area contributed by atoms with E-state index < -0.39 is 6.29 Å². The molecular weight excluding hydrogens is 310 g/mol. The lowest BCUT2D eigenvalue weighted by Gasteiger charge is -2.14. The SMILES string of the molecule is CN(CC(=O)Nc1ccc2c(c1)OC(F)(F)O2)Cc1ccco1. The van der Waals surface area contributed by atoms with Gasteiger partial charge in [-0.3, -0.25) is 9.69 Å². The van der Waals surface area contributed by atoms with E-state index in [4.69, 9.17) is 4.42 Å². The van der Waals surface area contributed by atoms with Crippen molar-refractivity contribution in [3.8, 4) is 11.5 Å². The van der Waals surface area contributed by atoms with Crippen LogP contribution >= 0.6 is 0 Å². The number of hydrogen-bond donors (Lipinski definition) is 1. The number of alkyl halides is 2. The number of benzene rings is 1. The highest BCUT2D eigenvalue weighted by Crippen LogP contribution is 2.42. The van der Waals surface area contributed by atoms with Crippen molar-refractivity contribution in [2.24, 2.45) is 0 Å². The second-order valence-corrected chi connectivity index (χ2v) is 5.13. The number of nitrogens with one attached hydrogen (secondary N) is 1. The number of furan rings is 1. The lowest BCUT2D eigenvalue weighted by Crippen LogP contribution is -2.29. The highest BCUT2D eigenvalue weighted by molar-refractivity contribution is 5.92. The second kappa shape index (κ2) is 5.88. The van der Waals surface area contributed by atoms with Crippen molar-refractivity contribution in [3.63, 3.8) is 0 Å². The standard InChI is InChI=1S/C15H14F2N2O4/c1-19(8-11-3-2-6-21-11)9-14(20)18-10-4-5-12-13(7-10)23-15(16,17)22-12/h2-7H,8-9H2,1H3,(H,18,20). The molecule has 0 saturated carbocycles. The van der Waals surface area contributed by atoms with Crippen molar-refractivity contribution in [1.82, 2.24) is 4.90 Å². The van der Waals surface area contributed by atoms with Crippen molar-refractivity contribution in [2.45, 2.75) is 12.8 Å². The molecule has 0 radical (unpaired) electrons. The van der Waals surface area contributed by atoms with Gasteiger partial charge in [-0.05, 0) is 31.3 Å². The summed E-state index contributed by atoms with van der Waals surface area (Å²) in [6.45, 7) is 0.596. The van der Waals surface area contributed by atoms with Gasteiger partial charge in [-0.1, -0.05) is 0 Å². The number of likely N-dealkylation sites (N-methyl/N-ethyl adjacent to an activating group) is 1. The van der Waals surface area contributed by atoms with Crippen LogP contribution in [0.4, 0.5) is 14.5 Å². The maximum Gasteiger partial charge on any atom is 0.586 e. The molecule has 1 aromatic heterocycles. The summed E-state index contributed by atoms with van der Waals surface area (Å²) in [5.41, 5.74) is 0.349. The first kappa shape index (κ1) is 15.3. The molecule has 0 bridgehead atoms. The largest absolute Gasteiger partial charge is 0.586 e. The van der Waals surface area contributed by atoms with Crippen LogP contribution in [0.5, 0.6) is 11.5 Å². The number of carbonyl (C=O) groups excluding carboxylic acids is 1. The molecule has 2 aromatic rings. The van der Waals surface area contributed by atoms with Crippen LogP contribution in [0, 0.1) is 0 Å². The van der Waals surface area contributed by atoms with Gasteiger partial charge in [0.05, 0.1) is 19.4 Å². The van der Waals surface area contributed by atoms with Crippen LogP contribution < -0.4 is 14.8 Å². The Balaban J connectivity index is 1.56. The van der Waals surface area contributed by atoms with E-state index in [1.807, 2.05) is 6.07 Å². The minimum absolute atomic E-state index is 0.0667. The van der Waals surface area contributed by atoms with Gasteiger partial charge in [0.15, 0.2) is 11.5 Å². The number of halogens is 2. The van der Waals surface area contributed by atoms with Gasteiger partial charge in [0.1, 0.15) is 5.76 Å². The summed E-state index contributed by atoms with van der Waals surface area (Å²) in [6.07, 6.45) is -2.11. The van der Waals surface area contributed by atoms with Gasteiger partial charge >= 0.3 is 6.29 Å². The first-order valence-corrected chi connectivity index (χ1v) is 6.82. The summed E-state index contributed by atoms with van der Waals surface area (Å²) in [5, 5.41) is 2.62. The van der Waals surface area contributed by atoms with Crippen molar-refractivity contribution >= 4 is 11.6 Å². The number of rotatable bonds is 5. The van der Waals surface area contributed by atoms with Gasteiger partial charge in [0.2, 0.25) is 5.91 Å². The molecule has 6 nitrogen and oxygen atoms in total. The maximum atomic E-state index is 12.9. The van der Waals surface area contributed by atoms with Gasteiger partial charge in [-0.15, -0.1) is 8.78 Å². The van der Waals surface area contributed by atoms with E-state index >= 15 is 0 Å². The molecule has 0 atom stereocenters. The summed E-state index contributed by atoms with van der Waals surface area (Å²) >= 11 is 0. The monoisotopic (exact) mass is 324 g/mol. The number of carbonyl (C=O) groups is 1. The third kappa shape index (κ3) is 3.78. The Labute approximate surface area is 130 Å². The molecule has 23 heavy (non-hydrogen) atoms. The molecule has 1 N–H and O–H groups in total. The lowest BCUT2D eigenvalue weighted by molar-refractivity contribution is -0.286. The number of hydrogen-bond acceptors (Lipinski definition) is 5. The van der Waals surface area contributed by atoms with Crippen LogP contribution in [0.3, 0.4) is 0 Å². The van der Waals surface area contributed by atoms with E-state index in [9.17, 15) is 13.6 Å². The fourth-order valence-corrected chi connectivity index (χ4v) is 2.20. The molecule has 2 heterocycles. The Kier molecular flexibility index (Phi) is 3.91. The van der Waals surface area contributed by atoms with Gasteiger partial charge in [0, 0.05) is 11.8 Å². The molecule has 0 fully saturated rings. The third-order valence-corrected chi connectivity index (χ3v) is 3.10. The van der Waals surface area contributed by atoms with Crippen LogP contribution in [0.1, 0.15) is 5.76 Å². The molecule has 8 heteroatoms. The third-order valence-electron chi connectivity index (χ3n) is 3.10. The van der Waals surface area contributed by atoms with Gasteiger partial charge in [-0.25, -0.2) is 0 Å². The average molecular weight is 324 g/mol. The van der Waals surface area contributed by atoms with Crippen LogP contribution in [0.25, 0.3) is 0 Å². The predicted octanol–water partition coefficient (Wildman–Crippen LogP) is 2.67. The number of ether oxygens (including phenoxy) is 2. The van der Waals surface area contributed by atoms with Gasteiger partial charge < -0.3 is 19.2 Å². The van der Waals surface area contributed by atoms with E-state index in [1.165, 1.54) is 18.2 Å². The summed E-state index contributed by atoms with van der Waals surface area (Å²) in [4.78, 5) is 13.7. The lowest BCUT2D eigenvalue weighted by atomic mass is 10.2. The predicted molar refractivity (Wildman–Crippen MR) is 76.3 cm³/mol. The fourth-order valence-electron chi connectivity index (χ4n) is 2.20. The quantitative estimate of drug-likeness (QED) is 0.916. The maximum absolute atomic E-state index is 12.9.